The number of carbonyl (C=O) groups excluding carboxylic acids is 1. The van der Waals surface area contributed by atoms with Gasteiger partial charge in [0.25, 0.3) is 5.91 Å². The van der Waals surface area contributed by atoms with E-state index in [4.69, 9.17) is 4.52 Å². The first-order valence-electron chi connectivity index (χ1n) is 9.22. The summed E-state index contributed by atoms with van der Waals surface area (Å²) < 4.78 is 4.94. The number of aromatic nitrogens is 2. The highest BCUT2D eigenvalue weighted by molar-refractivity contribution is 5.92. The number of fused-ring (bicyclic) bond motifs is 1. The Kier molecular flexibility index (Phi) is 4.72. The summed E-state index contributed by atoms with van der Waals surface area (Å²) in [6.45, 7) is 5.92. The second-order valence-electron chi connectivity index (χ2n) is 7.27. The van der Waals surface area contributed by atoms with Crippen LogP contribution in [-0.2, 0) is 6.54 Å². The molecule has 1 aliphatic heterocycles. The van der Waals surface area contributed by atoms with Crippen LogP contribution in [0.15, 0.2) is 34.9 Å². The van der Waals surface area contributed by atoms with Gasteiger partial charge in [-0.3, -0.25) is 9.69 Å². The van der Waals surface area contributed by atoms with Crippen molar-refractivity contribution in [1.82, 2.24) is 20.4 Å². The first-order chi connectivity index (χ1) is 13.0. The molecule has 0 unspecified atom stereocenters. The van der Waals surface area contributed by atoms with Crippen LogP contribution in [0.5, 0.6) is 0 Å². The van der Waals surface area contributed by atoms with E-state index in [1.807, 2.05) is 12.1 Å². The lowest BCUT2D eigenvalue weighted by molar-refractivity contribution is 0.0343. The first kappa shape index (κ1) is 17.8. The van der Waals surface area contributed by atoms with Crippen LogP contribution >= 0.6 is 0 Å². The molecule has 1 amide bonds. The molecule has 0 aliphatic carbocycles. The summed E-state index contributed by atoms with van der Waals surface area (Å²) in [4.78, 5) is 17.9. The fourth-order valence-electron chi connectivity index (χ4n) is 3.74. The second-order valence-corrected chi connectivity index (χ2v) is 7.27. The average Bonchev–Trinajstić information content (AvgIpc) is 3.22. The number of para-hydroxylation sites is 1. The van der Waals surface area contributed by atoms with Crippen LogP contribution in [0.4, 0.5) is 0 Å². The molecule has 7 heteroatoms. The number of likely N-dealkylation sites (tertiary alicyclic amines) is 1. The normalized spacial score (nSPS) is 20.9. The fraction of sp³-hybridized carbons (Fsp3) is 0.400. The average molecular weight is 368 g/mol. The van der Waals surface area contributed by atoms with Gasteiger partial charge in [0.15, 0.2) is 5.69 Å². The zero-order valence-electron chi connectivity index (χ0n) is 15.5. The number of β-amino-alcohol motifs (C(OH)–C–C–N with tert-alkyl or cyclic N) is 1. The highest BCUT2D eigenvalue weighted by atomic mass is 16.5. The molecule has 7 nitrogen and oxygen atoms in total. The van der Waals surface area contributed by atoms with Crippen LogP contribution in [0.1, 0.15) is 33.9 Å². The van der Waals surface area contributed by atoms with Crippen molar-refractivity contribution in [2.24, 2.45) is 0 Å². The fourth-order valence-corrected chi connectivity index (χ4v) is 3.74. The molecular weight excluding hydrogens is 344 g/mol. The van der Waals surface area contributed by atoms with Crippen LogP contribution in [0.2, 0.25) is 0 Å². The summed E-state index contributed by atoms with van der Waals surface area (Å²) in [5.41, 5.74) is 3.80. The summed E-state index contributed by atoms with van der Waals surface area (Å²) in [6, 6.07) is 9.57. The van der Waals surface area contributed by atoms with Crippen LogP contribution in [0, 0.1) is 13.8 Å². The van der Waals surface area contributed by atoms with Crippen molar-refractivity contribution in [3.05, 3.63) is 53.0 Å². The Morgan fingerprint density at radius 2 is 2.22 bits per heavy atom. The Bertz CT molecular complexity index is 961. The molecule has 1 fully saturated rings. The Hall–Kier alpha value is -2.64. The number of carbonyl (C=O) groups is 1. The van der Waals surface area contributed by atoms with Gasteiger partial charge >= 0.3 is 0 Å². The van der Waals surface area contributed by atoms with Crippen molar-refractivity contribution < 1.29 is 14.4 Å². The van der Waals surface area contributed by atoms with Gasteiger partial charge in [-0.2, -0.15) is 0 Å². The number of piperidine rings is 1. The van der Waals surface area contributed by atoms with Crippen LogP contribution in [0.3, 0.4) is 0 Å². The van der Waals surface area contributed by atoms with Gasteiger partial charge in [-0.1, -0.05) is 23.4 Å². The van der Waals surface area contributed by atoms with E-state index in [0.717, 1.165) is 18.6 Å². The van der Waals surface area contributed by atoms with Crippen molar-refractivity contribution in [3.8, 4) is 0 Å². The molecule has 4 rings (SSSR count). The largest absolute Gasteiger partial charge is 0.390 e. The lowest BCUT2D eigenvalue weighted by atomic mass is 10.0. The number of aliphatic hydroxyl groups is 1. The molecule has 0 spiro atoms. The van der Waals surface area contributed by atoms with Crippen LogP contribution in [-0.4, -0.2) is 51.3 Å². The molecule has 0 radical (unpaired) electrons. The van der Waals surface area contributed by atoms with Crippen LogP contribution < -0.4 is 5.32 Å². The Labute approximate surface area is 157 Å². The number of H-pyrrole nitrogens is 1. The lowest BCUT2D eigenvalue weighted by Crippen LogP contribution is -2.53. The first-order valence-corrected chi connectivity index (χ1v) is 9.22. The predicted molar refractivity (Wildman–Crippen MR) is 101 cm³/mol. The quantitative estimate of drug-likeness (QED) is 0.656. The van der Waals surface area contributed by atoms with Crippen molar-refractivity contribution >= 4 is 16.8 Å². The van der Waals surface area contributed by atoms with Crippen molar-refractivity contribution in [1.29, 1.82) is 0 Å². The summed E-state index contributed by atoms with van der Waals surface area (Å²) in [5.74, 6) is 0.278. The predicted octanol–water partition coefficient (Wildman–Crippen LogP) is 2.14. The molecule has 27 heavy (non-hydrogen) atoms. The number of aliphatic hydroxyl groups excluding tert-OH is 1. The minimum absolute atomic E-state index is 0.246. The topological polar surface area (TPSA) is 94.4 Å². The third-order valence-corrected chi connectivity index (χ3v) is 5.29. The molecule has 142 valence electrons. The van der Waals surface area contributed by atoms with Crippen molar-refractivity contribution in [2.45, 2.75) is 39.0 Å². The Morgan fingerprint density at radius 1 is 1.41 bits per heavy atom. The number of rotatable bonds is 4. The molecule has 1 aromatic carbocycles. The number of hydrogen-bond donors (Lipinski definition) is 3. The van der Waals surface area contributed by atoms with E-state index in [0.29, 0.717) is 18.7 Å². The molecule has 3 N–H and O–H groups in total. The van der Waals surface area contributed by atoms with Gasteiger partial charge in [0.05, 0.1) is 12.1 Å². The van der Waals surface area contributed by atoms with Gasteiger partial charge in [0.2, 0.25) is 0 Å². The summed E-state index contributed by atoms with van der Waals surface area (Å²) >= 11 is 0. The SMILES string of the molecule is Cc1cc(C(=O)N[C@@H]2CCN(Cc3[nH]c4ccccc4c3C)C[C@H]2O)no1. The summed E-state index contributed by atoms with van der Waals surface area (Å²) in [6.07, 6.45) is 0.0589. The number of aromatic amines is 1. The highest BCUT2D eigenvalue weighted by Crippen LogP contribution is 2.23. The smallest absolute Gasteiger partial charge is 0.273 e. The molecule has 3 aromatic rings. The third-order valence-electron chi connectivity index (χ3n) is 5.29. The lowest BCUT2D eigenvalue weighted by Gasteiger charge is -2.36. The molecule has 1 aliphatic rings. The molecule has 2 aromatic heterocycles. The zero-order chi connectivity index (χ0) is 19.0. The number of nitrogens with zero attached hydrogens (tertiary/aromatic N) is 2. The number of hydrogen-bond acceptors (Lipinski definition) is 5. The van der Waals surface area contributed by atoms with Crippen molar-refractivity contribution in [2.75, 3.05) is 13.1 Å². The van der Waals surface area contributed by atoms with E-state index in [1.54, 1.807) is 13.0 Å². The third kappa shape index (κ3) is 3.61. The monoisotopic (exact) mass is 368 g/mol. The van der Waals surface area contributed by atoms with E-state index in [2.05, 4.69) is 39.4 Å². The van der Waals surface area contributed by atoms with Gasteiger partial charge in [0, 0.05) is 42.3 Å². The van der Waals surface area contributed by atoms with Gasteiger partial charge in [-0.15, -0.1) is 0 Å². The van der Waals surface area contributed by atoms with E-state index >= 15 is 0 Å². The number of benzene rings is 1. The number of aryl methyl sites for hydroxylation is 2. The van der Waals surface area contributed by atoms with Gasteiger partial charge in [0.1, 0.15) is 5.76 Å². The maximum atomic E-state index is 12.2. The van der Waals surface area contributed by atoms with E-state index in [1.165, 1.54) is 16.6 Å². The molecular formula is C20H24N4O3. The summed E-state index contributed by atoms with van der Waals surface area (Å²) in [7, 11) is 0. The molecule has 0 bridgehead atoms. The van der Waals surface area contributed by atoms with Crippen LogP contribution in [0.25, 0.3) is 10.9 Å². The summed E-state index contributed by atoms with van der Waals surface area (Å²) in [5, 5.41) is 18.3. The van der Waals surface area contributed by atoms with E-state index < -0.39 is 6.10 Å². The van der Waals surface area contributed by atoms with Crippen molar-refractivity contribution in [3.63, 3.8) is 0 Å². The maximum Gasteiger partial charge on any atom is 0.273 e. The van der Waals surface area contributed by atoms with Gasteiger partial charge in [-0.05, 0) is 31.9 Å². The minimum Gasteiger partial charge on any atom is -0.390 e. The Morgan fingerprint density at radius 3 is 2.93 bits per heavy atom. The number of amides is 1. The number of nitrogens with one attached hydrogen (secondary N) is 2. The Balaban J connectivity index is 1.38. The van der Waals surface area contributed by atoms with E-state index in [9.17, 15) is 9.90 Å². The van der Waals surface area contributed by atoms with Gasteiger partial charge < -0.3 is 19.9 Å². The molecule has 3 heterocycles. The standard InChI is InChI=1S/C20H24N4O3/c1-12-9-17(23-27-12)20(26)22-16-7-8-24(11-19(16)25)10-18-13(2)14-5-3-4-6-15(14)21-18/h3-6,9,16,19,21,25H,7-8,10-11H2,1-2H3,(H,22,26)/t16-,19-/m1/s1. The zero-order valence-corrected chi connectivity index (χ0v) is 15.5. The highest BCUT2D eigenvalue weighted by Gasteiger charge is 2.30. The second kappa shape index (κ2) is 7.17. The molecule has 2 atom stereocenters. The molecule has 1 saturated heterocycles. The molecule has 0 saturated carbocycles. The van der Waals surface area contributed by atoms with Gasteiger partial charge in [-0.25, -0.2) is 0 Å². The van der Waals surface area contributed by atoms with E-state index in [-0.39, 0.29) is 17.6 Å². The minimum atomic E-state index is -0.625. The maximum absolute atomic E-state index is 12.2.